The van der Waals surface area contributed by atoms with Crippen molar-refractivity contribution in [2.24, 2.45) is 0 Å². The molecule has 2 N–H and O–H groups in total. The van der Waals surface area contributed by atoms with E-state index in [2.05, 4.69) is 5.32 Å². The fraction of sp³-hybridized carbons (Fsp3) is 0.478. The number of fused-ring (bicyclic) bond motifs is 4. The third-order valence-electron chi connectivity index (χ3n) is 6.63. The predicted octanol–water partition coefficient (Wildman–Crippen LogP) is 1.93. The van der Waals surface area contributed by atoms with E-state index in [1.54, 1.807) is 6.07 Å². The van der Waals surface area contributed by atoms with Crippen molar-refractivity contribution in [3.8, 4) is 0 Å². The van der Waals surface area contributed by atoms with Crippen LogP contribution in [0.4, 0.5) is 0 Å². The minimum absolute atomic E-state index is 0.0102. The van der Waals surface area contributed by atoms with Gasteiger partial charge in [-0.25, -0.2) is 13.2 Å². The Bertz CT molecular complexity index is 1400. The summed E-state index contributed by atoms with van der Waals surface area (Å²) in [6.45, 7) is 1.85. The normalized spacial score (nSPS) is 22.3. The van der Waals surface area contributed by atoms with Gasteiger partial charge in [0.2, 0.25) is 5.91 Å². The zero-order chi connectivity index (χ0) is 22.6. The van der Waals surface area contributed by atoms with Gasteiger partial charge >= 0.3 is 5.63 Å². The quantitative estimate of drug-likeness (QED) is 0.571. The van der Waals surface area contributed by atoms with Gasteiger partial charge in [0.05, 0.1) is 23.7 Å². The van der Waals surface area contributed by atoms with Crippen LogP contribution in [0.2, 0.25) is 0 Å². The largest absolute Gasteiger partial charge is 0.461 e. The summed E-state index contributed by atoms with van der Waals surface area (Å²) in [7, 11) is -3.35. The molecule has 3 heterocycles. The van der Waals surface area contributed by atoms with Crippen LogP contribution in [0.1, 0.15) is 41.7 Å². The molecule has 2 aromatic heterocycles. The molecular weight excluding hydrogens is 434 g/mol. The smallest absolute Gasteiger partial charge is 0.339 e. The molecule has 0 bridgehead atoms. The Morgan fingerprint density at radius 2 is 1.88 bits per heavy atom. The van der Waals surface area contributed by atoms with E-state index in [1.165, 1.54) is 5.56 Å². The molecule has 1 aliphatic carbocycles. The monoisotopic (exact) mass is 459 g/mol. The summed E-state index contributed by atoms with van der Waals surface area (Å²) < 4.78 is 34.8. The summed E-state index contributed by atoms with van der Waals surface area (Å²) >= 11 is 0. The molecule has 5 rings (SSSR count). The SMILES string of the molecule is Cc1c(CCC(=O)N[C@H]2CS(=O)(=O)C[C@@H]2O)c(=O)oc2cc3oc4c(c3cc12)CCCC4. The molecular formula is C23H25NO7S. The van der Waals surface area contributed by atoms with Gasteiger partial charge in [-0.2, -0.15) is 0 Å². The maximum absolute atomic E-state index is 12.6. The number of benzene rings is 1. The molecule has 1 aliphatic heterocycles. The standard InChI is InChI=1S/C23H25NO7S/c1-12-13(6-7-22(26)24-17-10-32(28,29)11-18(17)25)23(27)31-20-9-21-16(8-15(12)20)14-4-2-3-5-19(14)30-21/h8-9,17-18,25H,2-7,10-11H2,1H3,(H,24,26)/t17-,18-/m0/s1. The highest BCUT2D eigenvalue weighted by molar-refractivity contribution is 7.91. The van der Waals surface area contributed by atoms with Gasteiger partial charge in [-0.3, -0.25) is 4.79 Å². The number of furan rings is 1. The Morgan fingerprint density at radius 3 is 2.62 bits per heavy atom. The maximum Gasteiger partial charge on any atom is 0.339 e. The van der Waals surface area contributed by atoms with Gasteiger partial charge < -0.3 is 19.3 Å². The van der Waals surface area contributed by atoms with E-state index in [-0.39, 0.29) is 24.3 Å². The molecule has 2 aliphatic rings. The number of carbonyl (C=O) groups excluding carboxylic acids is 1. The van der Waals surface area contributed by atoms with E-state index in [4.69, 9.17) is 8.83 Å². The van der Waals surface area contributed by atoms with Crippen LogP contribution in [-0.2, 0) is 33.9 Å². The fourth-order valence-electron chi connectivity index (χ4n) is 4.92. The van der Waals surface area contributed by atoms with Crippen molar-refractivity contribution in [1.82, 2.24) is 5.32 Å². The Hall–Kier alpha value is -2.65. The lowest BCUT2D eigenvalue weighted by molar-refractivity contribution is -0.122. The van der Waals surface area contributed by atoms with Gasteiger partial charge in [-0.15, -0.1) is 0 Å². The lowest BCUT2D eigenvalue weighted by atomic mass is 9.94. The molecule has 0 saturated carbocycles. The maximum atomic E-state index is 12.6. The lowest BCUT2D eigenvalue weighted by Crippen LogP contribution is -2.42. The van der Waals surface area contributed by atoms with Gasteiger partial charge in [-0.1, -0.05) is 0 Å². The number of carbonyl (C=O) groups is 1. The highest BCUT2D eigenvalue weighted by Crippen LogP contribution is 2.35. The number of hydrogen-bond acceptors (Lipinski definition) is 7. The molecule has 9 heteroatoms. The molecule has 2 atom stereocenters. The van der Waals surface area contributed by atoms with E-state index in [9.17, 15) is 23.1 Å². The minimum Gasteiger partial charge on any atom is -0.461 e. The van der Waals surface area contributed by atoms with Crippen LogP contribution in [0.15, 0.2) is 25.8 Å². The van der Waals surface area contributed by atoms with Crippen molar-refractivity contribution in [3.63, 3.8) is 0 Å². The first-order valence-corrected chi connectivity index (χ1v) is 12.7. The zero-order valence-corrected chi connectivity index (χ0v) is 18.6. The first kappa shape index (κ1) is 21.2. The van der Waals surface area contributed by atoms with Crippen LogP contribution in [0, 0.1) is 6.92 Å². The van der Waals surface area contributed by atoms with E-state index in [0.29, 0.717) is 11.1 Å². The molecule has 1 fully saturated rings. The molecule has 1 aromatic carbocycles. The van der Waals surface area contributed by atoms with Gasteiger partial charge in [0, 0.05) is 40.8 Å². The van der Waals surface area contributed by atoms with Crippen LogP contribution in [0.25, 0.3) is 21.9 Å². The Balaban J connectivity index is 1.41. The van der Waals surface area contributed by atoms with E-state index in [0.717, 1.165) is 53.4 Å². The van der Waals surface area contributed by atoms with Crippen molar-refractivity contribution in [2.45, 2.75) is 57.6 Å². The number of aliphatic hydroxyl groups excluding tert-OH is 1. The molecule has 8 nitrogen and oxygen atoms in total. The summed E-state index contributed by atoms with van der Waals surface area (Å²) in [4.78, 5) is 25.0. The number of rotatable bonds is 4. The van der Waals surface area contributed by atoms with Crippen molar-refractivity contribution >= 4 is 37.7 Å². The lowest BCUT2D eigenvalue weighted by Gasteiger charge is -2.15. The first-order chi connectivity index (χ1) is 15.2. The van der Waals surface area contributed by atoms with Crippen LogP contribution < -0.4 is 10.9 Å². The average molecular weight is 460 g/mol. The second-order valence-electron chi connectivity index (χ2n) is 8.87. The Morgan fingerprint density at radius 1 is 1.12 bits per heavy atom. The molecule has 1 amide bonds. The van der Waals surface area contributed by atoms with E-state index >= 15 is 0 Å². The van der Waals surface area contributed by atoms with Gasteiger partial charge in [0.15, 0.2) is 9.84 Å². The highest BCUT2D eigenvalue weighted by atomic mass is 32.2. The summed E-state index contributed by atoms with van der Waals surface area (Å²) in [5.41, 5.74) is 3.10. The van der Waals surface area contributed by atoms with Gasteiger partial charge in [0.1, 0.15) is 16.9 Å². The molecule has 1 saturated heterocycles. The number of amides is 1. The molecule has 3 aromatic rings. The molecule has 32 heavy (non-hydrogen) atoms. The molecule has 0 unspecified atom stereocenters. The highest BCUT2D eigenvalue weighted by Gasteiger charge is 2.37. The number of hydrogen-bond donors (Lipinski definition) is 2. The first-order valence-electron chi connectivity index (χ1n) is 10.9. The van der Waals surface area contributed by atoms with Crippen molar-refractivity contribution in [1.29, 1.82) is 0 Å². The van der Waals surface area contributed by atoms with Crippen LogP contribution in [-0.4, -0.2) is 43.1 Å². The second kappa shape index (κ2) is 7.74. The van der Waals surface area contributed by atoms with Crippen LogP contribution in [0.5, 0.6) is 0 Å². The number of sulfone groups is 1. The third kappa shape index (κ3) is 3.73. The molecule has 170 valence electrons. The second-order valence-corrected chi connectivity index (χ2v) is 11.0. The number of nitrogens with one attached hydrogen (secondary N) is 1. The third-order valence-corrected chi connectivity index (χ3v) is 8.35. The van der Waals surface area contributed by atoms with Gasteiger partial charge in [-0.05, 0) is 44.2 Å². The topological polar surface area (TPSA) is 127 Å². The van der Waals surface area contributed by atoms with Crippen molar-refractivity contribution in [2.75, 3.05) is 11.5 Å². The molecule has 0 radical (unpaired) electrons. The fourth-order valence-corrected chi connectivity index (χ4v) is 6.66. The summed E-state index contributed by atoms with van der Waals surface area (Å²) in [6, 6.07) is 2.97. The summed E-state index contributed by atoms with van der Waals surface area (Å²) in [5, 5.41) is 14.3. The Kier molecular flexibility index (Phi) is 5.13. The predicted molar refractivity (Wildman–Crippen MR) is 119 cm³/mol. The summed E-state index contributed by atoms with van der Waals surface area (Å²) in [5.74, 6) is -0.0292. The molecule has 0 spiro atoms. The van der Waals surface area contributed by atoms with Gasteiger partial charge in [0.25, 0.3) is 0 Å². The number of aryl methyl sites for hydroxylation is 3. The van der Waals surface area contributed by atoms with E-state index < -0.39 is 33.5 Å². The van der Waals surface area contributed by atoms with Crippen LogP contribution >= 0.6 is 0 Å². The zero-order valence-electron chi connectivity index (χ0n) is 17.8. The average Bonchev–Trinajstić information content (AvgIpc) is 3.21. The van der Waals surface area contributed by atoms with E-state index in [1.807, 2.05) is 13.0 Å². The van der Waals surface area contributed by atoms with Crippen molar-refractivity contribution in [3.05, 3.63) is 45.0 Å². The van der Waals surface area contributed by atoms with Crippen molar-refractivity contribution < 1.29 is 27.2 Å². The number of aliphatic hydroxyl groups is 1. The summed E-state index contributed by atoms with van der Waals surface area (Å²) in [6.07, 6.45) is 3.16. The van der Waals surface area contributed by atoms with Crippen LogP contribution in [0.3, 0.4) is 0 Å². The Labute approximate surface area is 184 Å². The minimum atomic E-state index is -3.35.